The Morgan fingerprint density at radius 2 is 1.60 bits per heavy atom. The molecule has 5 rings (SSSR count). The van der Waals surface area contributed by atoms with Crippen molar-refractivity contribution in [3.63, 3.8) is 0 Å². The first-order valence-electron chi connectivity index (χ1n) is 10.5. The van der Waals surface area contributed by atoms with Crippen LogP contribution in [0.3, 0.4) is 0 Å². The molecule has 0 radical (unpaired) electrons. The molecule has 0 spiro atoms. The van der Waals surface area contributed by atoms with Crippen LogP contribution in [-0.4, -0.2) is 48.1 Å². The normalized spacial score (nSPS) is 18.4. The van der Waals surface area contributed by atoms with Crippen LogP contribution >= 0.6 is 0 Å². The Bertz CT molecular complexity index is 1050. The van der Waals surface area contributed by atoms with E-state index in [1.165, 1.54) is 11.3 Å². The molecule has 30 heavy (non-hydrogen) atoms. The molecule has 2 aromatic carbocycles. The number of para-hydroxylation sites is 2. The lowest BCUT2D eigenvalue weighted by Crippen LogP contribution is -2.47. The predicted molar refractivity (Wildman–Crippen MR) is 119 cm³/mol. The first kappa shape index (κ1) is 18.6. The zero-order chi connectivity index (χ0) is 20.5. The van der Waals surface area contributed by atoms with Crippen LogP contribution < -0.4 is 14.7 Å². The summed E-state index contributed by atoms with van der Waals surface area (Å²) in [5.41, 5.74) is 3.90. The number of carbonyl (C=O) groups is 1. The Hall–Kier alpha value is -3.41. The molecular formula is C24H25N5O. The maximum absolute atomic E-state index is 13.3. The van der Waals surface area contributed by atoms with E-state index in [4.69, 9.17) is 0 Å². The average molecular weight is 399 g/mol. The molecule has 3 aromatic rings. The summed E-state index contributed by atoms with van der Waals surface area (Å²) in [7, 11) is 0. The Kier molecular flexibility index (Phi) is 4.83. The van der Waals surface area contributed by atoms with Crippen LogP contribution in [0.25, 0.3) is 0 Å². The number of anilines is 3. The highest BCUT2D eigenvalue weighted by atomic mass is 16.2. The third-order valence-corrected chi connectivity index (χ3v) is 5.97. The Morgan fingerprint density at radius 1 is 0.900 bits per heavy atom. The summed E-state index contributed by atoms with van der Waals surface area (Å²) in [4.78, 5) is 28.8. The number of hydrogen-bond acceptors (Lipinski definition) is 5. The van der Waals surface area contributed by atoms with Gasteiger partial charge in [-0.15, -0.1) is 0 Å². The lowest BCUT2D eigenvalue weighted by atomic mass is 10.1. The number of benzene rings is 2. The first-order valence-corrected chi connectivity index (χ1v) is 10.5. The zero-order valence-electron chi connectivity index (χ0n) is 17.1. The molecule has 0 bridgehead atoms. The van der Waals surface area contributed by atoms with Crippen LogP contribution in [0.5, 0.6) is 0 Å². The molecule has 1 saturated heterocycles. The van der Waals surface area contributed by atoms with Gasteiger partial charge < -0.3 is 14.7 Å². The minimum Gasteiger partial charge on any atom is -0.368 e. The summed E-state index contributed by atoms with van der Waals surface area (Å²) in [5, 5.41) is 0. The molecule has 1 aromatic heterocycles. The summed E-state index contributed by atoms with van der Waals surface area (Å²) in [6, 6.07) is 20.4. The van der Waals surface area contributed by atoms with Gasteiger partial charge in [-0.05, 0) is 43.2 Å². The van der Waals surface area contributed by atoms with E-state index in [-0.39, 0.29) is 11.9 Å². The molecule has 0 N–H and O–H groups in total. The van der Waals surface area contributed by atoms with Gasteiger partial charge in [0, 0.05) is 49.8 Å². The molecule has 1 amide bonds. The fourth-order valence-electron chi connectivity index (χ4n) is 4.42. The molecule has 1 fully saturated rings. The molecule has 1 atom stereocenters. The van der Waals surface area contributed by atoms with Crippen LogP contribution in [0.1, 0.15) is 23.0 Å². The van der Waals surface area contributed by atoms with Gasteiger partial charge in [-0.3, -0.25) is 4.79 Å². The van der Waals surface area contributed by atoms with Crippen LogP contribution in [0.15, 0.2) is 66.9 Å². The summed E-state index contributed by atoms with van der Waals surface area (Å²) < 4.78 is 0. The number of aromatic nitrogens is 2. The molecule has 2 aliphatic heterocycles. The summed E-state index contributed by atoms with van der Waals surface area (Å²) in [6.07, 6.45) is 2.58. The highest BCUT2D eigenvalue weighted by molar-refractivity contribution is 6.06. The molecule has 0 saturated carbocycles. The number of hydrogen-bond donors (Lipinski definition) is 0. The number of amides is 1. The minimum absolute atomic E-state index is 0.0565. The zero-order valence-corrected chi connectivity index (χ0v) is 17.1. The lowest BCUT2D eigenvalue weighted by Gasteiger charge is -2.36. The standard InChI is InChI=1S/C24H25N5O/c1-18-17-19-7-5-6-10-22(19)29(18)23(30)21-11-12-25-24(26-21)28-15-13-27(14-16-28)20-8-3-2-4-9-20/h2-12,18H,13-17H2,1H3. The van der Waals surface area contributed by atoms with Gasteiger partial charge in [0.25, 0.3) is 5.91 Å². The van der Waals surface area contributed by atoms with Crippen LogP contribution in [0.2, 0.25) is 0 Å². The number of nitrogens with zero attached hydrogens (tertiary/aromatic N) is 5. The molecule has 2 aliphatic rings. The van der Waals surface area contributed by atoms with Crippen molar-refractivity contribution < 1.29 is 4.79 Å². The van der Waals surface area contributed by atoms with E-state index >= 15 is 0 Å². The first-order chi connectivity index (χ1) is 14.7. The SMILES string of the molecule is CC1Cc2ccccc2N1C(=O)c1ccnc(N2CCN(c3ccccc3)CC2)n1. The largest absolute Gasteiger partial charge is 0.368 e. The minimum atomic E-state index is -0.0565. The Morgan fingerprint density at radius 3 is 2.40 bits per heavy atom. The van der Waals surface area contributed by atoms with Gasteiger partial charge in [0.2, 0.25) is 5.95 Å². The predicted octanol–water partition coefficient (Wildman–Crippen LogP) is 3.39. The Balaban J connectivity index is 1.32. The Labute approximate surface area is 176 Å². The summed E-state index contributed by atoms with van der Waals surface area (Å²) in [6.45, 7) is 5.55. The van der Waals surface area contributed by atoms with Gasteiger partial charge in [-0.2, -0.15) is 0 Å². The molecule has 0 aliphatic carbocycles. The van der Waals surface area contributed by atoms with Crippen molar-refractivity contribution in [2.24, 2.45) is 0 Å². The molecule has 3 heterocycles. The van der Waals surface area contributed by atoms with Crippen LogP contribution in [-0.2, 0) is 6.42 Å². The van der Waals surface area contributed by atoms with E-state index < -0.39 is 0 Å². The van der Waals surface area contributed by atoms with Gasteiger partial charge in [-0.1, -0.05) is 36.4 Å². The van der Waals surface area contributed by atoms with Gasteiger partial charge >= 0.3 is 0 Å². The van der Waals surface area contributed by atoms with E-state index in [1.54, 1.807) is 12.3 Å². The summed E-state index contributed by atoms with van der Waals surface area (Å²) >= 11 is 0. The second kappa shape index (κ2) is 7.78. The van der Waals surface area contributed by atoms with Gasteiger partial charge in [0.15, 0.2) is 0 Å². The van der Waals surface area contributed by atoms with Crippen molar-refractivity contribution in [2.45, 2.75) is 19.4 Å². The second-order valence-corrected chi connectivity index (χ2v) is 7.91. The second-order valence-electron chi connectivity index (χ2n) is 7.91. The monoisotopic (exact) mass is 399 g/mol. The quantitative estimate of drug-likeness (QED) is 0.676. The highest BCUT2D eigenvalue weighted by Crippen LogP contribution is 2.33. The lowest BCUT2D eigenvalue weighted by molar-refractivity contribution is 0.0976. The number of piperazine rings is 1. The number of fused-ring (bicyclic) bond motifs is 1. The van der Waals surface area contributed by atoms with Crippen LogP contribution in [0, 0.1) is 0 Å². The van der Waals surface area contributed by atoms with Crippen LogP contribution in [0.4, 0.5) is 17.3 Å². The fourth-order valence-corrected chi connectivity index (χ4v) is 4.42. The van der Waals surface area contributed by atoms with Gasteiger partial charge in [-0.25, -0.2) is 9.97 Å². The van der Waals surface area contributed by atoms with Gasteiger partial charge in [0.05, 0.1) is 0 Å². The van der Waals surface area contributed by atoms with E-state index in [0.29, 0.717) is 11.6 Å². The third kappa shape index (κ3) is 3.38. The van der Waals surface area contributed by atoms with E-state index in [1.807, 2.05) is 29.2 Å². The summed E-state index contributed by atoms with van der Waals surface area (Å²) in [5.74, 6) is 0.577. The smallest absolute Gasteiger partial charge is 0.277 e. The van der Waals surface area contributed by atoms with Crippen molar-refractivity contribution in [2.75, 3.05) is 40.9 Å². The topological polar surface area (TPSA) is 52.6 Å². The highest BCUT2D eigenvalue weighted by Gasteiger charge is 2.32. The van der Waals surface area contributed by atoms with Crippen molar-refractivity contribution in [1.82, 2.24) is 9.97 Å². The van der Waals surface area contributed by atoms with Crippen molar-refractivity contribution in [1.29, 1.82) is 0 Å². The molecule has 152 valence electrons. The van der Waals surface area contributed by atoms with E-state index in [9.17, 15) is 4.79 Å². The number of rotatable bonds is 3. The number of carbonyl (C=O) groups excluding carboxylic acids is 1. The average Bonchev–Trinajstić information content (AvgIpc) is 3.15. The third-order valence-electron chi connectivity index (χ3n) is 5.97. The van der Waals surface area contributed by atoms with E-state index in [0.717, 1.165) is 38.3 Å². The molecule has 6 nitrogen and oxygen atoms in total. The molecular weight excluding hydrogens is 374 g/mol. The van der Waals surface area contributed by atoms with Crippen molar-refractivity contribution in [3.05, 3.63) is 78.1 Å². The molecule has 1 unspecified atom stereocenters. The molecule has 6 heteroatoms. The van der Waals surface area contributed by atoms with Crippen molar-refractivity contribution >= 4 is 23.2 Å². The van der Waals surface area contributed by atoms with Gasteiger partial charge in [0.1, 0.15) is 5.69 Å². The van der Waals surface area contributed by atoms with Crippen molar-refractivity contribution in [3.8, 4) is 0 Å². The fraction of sp³-hybridized carbons (Fsp3) is 0.292. The van der Waals surface area contributed by atoms with E-state index in [2.05, 4.69) is 57.0 Å². The maximum atomic E-state index is 13.3. The maximum Gasteiger partial charge on any atom is 0.277 e.